The second-order valence-electron chi connectivity index (χ2n) is 6.89. The SMILES string of the molecule is O=C(c1ccc(OCC(F)(F)F)nc1)N1CCC(C(=O)N2CCCC2)CC1. The van der Waals surface area contributed by atoms with E-state index in [-0.39, 0.29) is 23.6 Å². The van der Waals surface area contributed by atoms with E-state index in [1.54, 1.807) is 4.90 Å². The van der Waals surface area contributed by atoms with Crippen LogP contribution in [0.25, 0.3) is 0 Å². The van der Waals surface area contributed by atoms with E-state index in [9.17, 15) is 22.8 Å². The summed E-state index contributed by atoms with van der Waals surface area (Å²) in [6.07, 6.45) is 0.141. The topological polar surface area (TPSA) is 62.7 Å². The number of rotatable bonds is 4. The van der Waals surface area contributed by atoms with E-state index in [0.29, 0.717) is 31.5 Å². The van der Waals surface area contributed by atoms with Gasteiger partial charge in [0, 0.05) is 44.4 Å². The largest absolute Gasteiger partial charge is 0.468 e. The van der Waals surface area contributed by atoms with Crippen LogP contribution in [-0.2, 0) is 4.79 Å². The van der Waals surface area contributed by atoms with E-state index in [2.05, 4.69) is 9.72 Å². The molecule has 2 amide bonds. The van der Waals surface area contributed by atoms with Gasteiger partial charge in [0.05, 0.1) is 5.56 Å². The van der Waals surface area contributed by atoms with Crippen LogP contribution in [-0.4, -0.2) is 65.6 Å². The van der Waals surface area contributed by atoms with E-state index in [4.69, 9.17) is 0 Å². The molecule has 148 valence electrons. The van der Waals surface area contributed by atoms with Crippen LogP contribution in [0.15, 0.2) is 18.3 Å². The number of carbonyl (C=O) groups is 2. The molecular weight excluding hydrogens is 363 g/mol. The summed E-state index contributed by atoms with van der Waals surface area (Å²) in [5.41, 5.74) is 0.290. The third kappa shape index (κ3) is 5.11. The molecule has 2 fully saturated rings. The van der Waals surface area contributed by atoms with Gasteiger partial charge in [-0.1, -0.05) is 0 Å². The average molecular weight is 385 g/mol. The summed E-state index contributed by atoms with van der Waals surface area (Å²) in [4.78, 5) is 32.3. The van der Waals surface area contributed by atoms with E-state index in [1.807, 2.05) is 4.90 Å². The zero-order valence-corrected chi connectivity index (χ0v) is 14.9. The van der Waals surface area contributed by atoms with Gasteiger partial charge < -0.3 is 14.5 Å². The minimum Gasteiger partial charge on any atom is -0.468 e. The Hall–Kier alpha value is -2.32. The van der Waals surface area contributed by atoms with E-state index >= 15 is 0 Å². The highest BCUT2D eigenvalue weighted by Crippen LogP contribution is 2.23. The van der Waals surface area contributed by atoms with Gasteiger partial charge in [-0.25, -0.2) is 4.98 Å². The van der Waals surface area contributed by atoms with Gasteiger partial charge in [-0.2, -0.15) is 13.2 Å². The van der Waals surface area contributed by atoms with Crippen molar-refractivity contribution in [1.29, 1.82) is 0 Å². The Morgan fingerprint density at radius 3 is 2.30 bits per heavy atom. The Balaban J connectivity index is 1.50. The first-order valence-electron chi connectivity index (χ1n) is 9.07. The molecule has 0 aliphatic carbocycles. The van der Waals surface area contributed by atoms with Gasteiger partial charge in [0.25, 0.3) is 5.91 Å². The van der Waals surface area contributed by atoms with Crippen molar-refractivity contribution in [2.24, 2.45) is 5.92 Å². The summed E-state index contributed by atoms with van der Waals surface area (Å²) in [5, 5.41) is 0. The van der Waals surface area contributed by atoms with Crippen molar-refractivity contribution in [3.63, 3.8) is 0 Å². The van der Waals surface area contributed by atoms with Gasteiger partial charge in [0.1, 0.15) is 0 Å². The van der Waals surface area contributed by atoms with Crippen molar-refractivity contribution >= 4 is 11.8 Å². The van der Waals surface area contributed by atoms with Crippen molar-refractivity contribution in [2.75, 3.05) is 32.8 Å². The number of hydrogen-bond donors (Lipinski definition) is 0. The maximum absolute atomic E-state index is 12.5. The zero-order valence-electron chi connectivity index (χ0n) is 14.9. The van der Waals surface area contributed by atoms with Gasteiger partial charge in [-0.05, 0) is 31.7 Å². The van der Waals surface area contributed by atoms with Gasteiger partial charge in [0.15, 0.2) is 6.61 Å². The third-order valence-corrected chi connectivity index (χ3v) is 4.92. The first-order valence-corrected chi connectivity index (χ1v) is 9.07. The van der Waals surface area contributed by atoms with Crippen LogP contribution in [0.4, 0.5) is 13.2 Å². The molecule has 3 heterocycles. The number of aromatic nitrogens is 1. The number of ether oxygens (including phenoxy) is 1. The normalized spacial score (nSPS) is 18.6. The Labute approximate surface area is 155 Å². The molecule has 0 N–H and O–H groups in total. The van der Waals surface area contributed by atoms with Crippen LogP contribution < -0.4 is 4.74 Å². The van der Waals surface area contributed by atoms with E-state index in [0.717, 1.165) is 25.9 Å². The first kappa shape index (κ1) is 19.4. The fraction of sp³-hybridized carbons (Fsp3) is 0.611. The highest BCUT2D eigenvalue weighted by molar-refractivity contribution is 5.94. The lowest BCUT2D eigenvalue weighted by Crippen LogP contribution is -2.43. The molecule has 0 spiro atoms. The number of alkyl halides is 3. The first-order chi connectivity index (χ1) is 12.8. The number of nitrogens with zero attached hydrogens (tertiary/aromatic N) is 3. The highest BCUT2D eigenvalue weighted by atomic mass is 19.4. The second kappa shape index (κ2) is 8.14. The molecule has 0 aromatic carbocycles. The van der Waals surface area contributed by atoms with Crippen LogP contribution in [0.3, 0.4) is 0 Å². The van der Waals surface area contributed by atoms with Crippen LogP contribution in [0, 0.1) is 5.92 Å². The predicted octanol–water partition coefficient (Wildman–Crippen LogP) is 2.50. The molecule has 27 heavy (non-hydrogen) atoms. The lowest BCUT2D eigenvalue weighted by Gasteiger charge is -2.33. The molecule has 2 saturated heterocycles. The molecule has 1 aromatic heterocycles. The van der Waals surface area contributed by atoms with Gasteiger partial charge in [0.2, 0.25) is 11.8 Å². The predicted molar refractivity (Wildman–Crippen MR) is 90.2 cm³/mol. The van der Waals surface area contributed by atoms with Crippen molar-refractivity contribution in [3.8, 4) is 5.88 Å². The average Bonchev–Trinajstić information content (AvgIpc) is 3.20. The Morgan fingerprint density at radius 2 is 1.74 bits per heavy atom. The minimum absolute atomic E-state index is 0.0385. The Bertz CT molecular complexity index is 665. The Morgan fingerprint density at radius 1 is 1.07 bits per heavy atom. The molecule has 0 saturated carbocycles. The fourth-order valence-corrected chi connectivity index (χ4v) is 3.46. The van der Waals surface area contributed by atoms with Crippen molar-refractivity contribution in [3.05, 3.63) is 23.9 Å². The number of amides is 2. The minimum atomic E-state index is -4.44. The standard InChI is InChI=1S/C18H22F3N3O3/c19-18(20,21)12-27-15-4-3-14(11-22-15)17(26)24-9-5-13(6-10-24)16(25)23-7-1-2-8-23/h3-4,11,13H,1-2,5-10,12H2. The molecule has 0 bridgehead atoms. The number of hydrogen-bond acceptors (Lipinski definition) is 4. The lowest BCUT2D eigenvalue weighted by atomic mass is 9.95. The van der Waals surface area contributed by atoms with Crippen molar-refractivity contribution in [1.82, 2.24) is 14.8 Å². The monoisotopic (exact) mass is 385 g/mol. The van der Waals surface area contributed by atoms with E-state index in [1.165, 1.54) is 18.3 Å². The smallest absolute Gasteiger partial charge is 0.422 e. The summed E-state index contributed by atoms with van der Waals surface area (Å²) in [6.45, 7) is 1.19. The van der Waals surface area contributed by atoms with Crippen LogP contribution >= 0.6 is 0 Å². The molecule has 3 rings (SSSR count). The fourth-order valence-electron chi connectivity index (χ4n) is 3.46. The summed E-state index contributed by atoms with van der Waals surface area (Å²) in [5.74, 6) is -0.272. The molecule has 9 heteroatoms. The van der Waals surface area contributed by atoms with Crippen LogP contribution in [0.1, 0.15) is 36.0 Å². The summed E-state index contributed by atoms with van der Waals surface area (Å²) in [7, 11) is 0. The molecule has 2 aliphatic heterocycles. The Kier molecular flexibility index (Phi) is 5.86. The quantitative estimate of drug-likeness (QED) is 0.799. The van der Waals surface area contributed by atoms with Crippen LogP contribution in [0.5, 0.6) is 5.88 Å². The maximum atomic E-state index is 12.5. The maximum Gasteiger partial charge on any atom is 0.422 e. The van der Waals surface area contributed by atoms with Gasteiger partial charge >= 0.3 is 6.18 Å². The van der Waals surface area contributed by atoms with E-state index < -0.39 is 12.8 Å². The van der Waals surface area contributed by atoms with Gasteiger partial charge in [-0.15, -0.1) is 0 Å². The van der Waals surface area contributed by atoms with Crippen LogP contribution in [0.2, 0.25) is 0 Å². The zero-order chi connectivity index (χ0) is 19.4. The number of pyridine rings is 1. The summed E-state index contributed by atoms with van der Waals surface area (Å²) < 4.78 is 41.0. The summed E-state index contributed by atoms with van der Waals surface area (Å²) in [6, 6.07) is 2.66. The number of carbonyl (C=O) groups excluding carboxylic acids is 2. The number of halogens is 3. The molecule has 6 nitrogen and oxygen atoms in total. The molecule has 0 unspecified atom stereocenters. The number of likely N-dealkylation sites (tertiary alicyclic amines) is 2. The third-order valence-electron chi connectivity index (χ3n) is 4.92. The summed E-state index contributed by atoms with van der Waals surface area (Å²) >= 11 is 0. The molecular formula is C18H22F3N3O3. The van der Waals surface area contributed by atoms with Crippen molar-refractivity contribution in [2.45, 2.75) is 31.9 Å². The molecule has 0 atom stereocenters. The second-order valence-corrected chi connectivity index (χ2v) is 6.89. The van der Waals surface area contributed by atoms with Gasteiger partial charge in [-0.3, -0.25) is 9.59 Å². The molecule has 0 radical (unpaired) electrons. The molecule has 1 aromatic rings. The number of piperidine rings is 1. The highest BCUT2D eigenvalue weighted by Gasteiger charge is 2.32. The lowest BCUT2D eigenvalue weighted by molar-refractivity contribution is -0.154. The van der Waals surface area contributed by atoms with Crippen molar-refractivity contribution < 1.29 is 27.5 Å². The molecule has 2 aliphatic rings.